The number of carbonyl (C=O) groups is 1. The maximum atomic E-state index is 11.4. The summed E-state index contributed by atoms with van der Waals surface area (Å²) in [5, 5.41) is 18.7. The number of aromatic nitrogens is 4. The van der Waals surface area contributed by atoms with Crippen molar-refractivity contribution in [3.63, 3.8) is 0 Å². The lowest BCUT2D eigenvalue weighted by Gasteiger charge is -2.11. The molecule has 0 saturated carbocycles. The Bertz CT molecular complexity index is 865. The number of carboxylic acids is 1. The second-order valence-electron chi connectivity index (χ2n) is 5.55. The Kier molecular flexibility index (Phi) is 4.44. The van der Waals surface area contributed by atoms with E-state index in [1.165, 1.54) is 4.88 Å². The quantitative estimate of drug-likeness (QED) is 0.764. The zero-order valence-corrected chi connectivity index (χ0v) is 14.5. The molecule has 1 N–H and O–H groups in total. The van der Waals surface area contributed by atoms with Crippen LogP contribution < -0.4 is 0 Å². The van der Waals surface area contributed by atoms with Crippen LogP contribution in [0.25, 0.3) is 11.3 Å². The number of rotatable bonds is 5. The summed E-state index contributed by atoms with van der Waals surface area (Å²) in [6.07, 6.45) is 2.62. The third kappa shape index (κ3) is 2.94. The number of aromatic carboxylic acids is 1. The lowest BCUT2D eigenvalue weighted by molar-refractivity contribution is 0.0697. The number of nitrogens with zero attached hydrogens (tertiary/aromatic N) is 4. The Balaban J connectivity index is 1.99. The Labute approximate surface area is 143 Å². The predicted octanol–water partition coefficient (Wildman–Crippen LogP) is 3.72. The molecule has 1 atom stereocenters. The van der Waals surface area contributed by atoms with Crippen molar-refractivity contribution in [2.45, 2.75) is 33.2 Å². The van der Waals surface area contributed by atoms with E-state index in [4.69, 9.17) is 0 Å². The van der Waals surface area contributed by atoms with Gasteiger partial charge in [-0.1, -0.05) is 30.3 Å². The van der Waals surface area contributed by atoms with Gasteiger partial charge in [-0.2, -0.15) is 0 Å². The van der Waals surface area contributed by atoms with E-state index < -0.39 is 5.97 Å². The zero-order chi connectivity index (χ0) is 17.3. The molecule has 24 heavy (non-hydrogen) atoms. The van der Waals surface area contributed by atoms with E-state index in [9.17, 15) is 9.90 Å². The van der Waals surface area contributed by atoms with Gasteiger partial charge in [-0.05, 0) is 26.3 Å². The Morgan fingerprint density at radius 1 is 1.33 bits per heavy atom. The van der Waals surface area contributed by atoms with Crippen LogP contribution in [0.15, 0.2) is 30.5 Å². The average molecular weight is 342 g/mol. The van der Waals surface area contributed by atoms with Crippen molar-refractivity contribution in [2.24, 2.45) is 0 Å². The third-order valence-electron chi connectivity index (χ3n) is 3.98. The fraction of sp³-hybridized carbons (Fsp3) is 0.294. The van der Waals surface area contributed by atoms with E-state index in [1.54, 1.807) is 46.5 Å². The molecule has 0 unspecified atom stereocenters. The summed E-state index contributed by atoms with van der Waals surface area (Å²) in [5.74, 6) is -0.974. The standard InChI is InChI=1S/C17H18N4O2S/c1-4-15(16-18-10(2)11(3)24-16)21-9-14(19-20-21)12-7-5-6-8-13(12)17(22)23/h5-9,15H,4H2,1-3H3,(H,22,23)/t15-/m1/s1. The summed E-state index contributed by atoms with van der Waals surface area (Å²) in [4.78, 5) is 17.2. The second-order valence-corrected chi connectivity index (χ2v) is 6.79. The SMILES string of the molecule is CC[C@H](c1nc(C)c(C)s1)n1cc(-c2ccccc2C(=O)O)nn1. The number of carboxylic acid groups (broad SMARTS) is 1. The first kappa shape index (κ1) is 16.3. The van der Waals surface area contributed by atoms with Gasteiger partial charge < -0.3 is 5.11 Å². The highest BCUT2D eigenvalue weighted by atomic mass is 32.1. The molecule has 6 nitrogen and oxygen atoms in total. The molecule has 7 heteroatoms. The van der Waals surface area contributed by atoms with Crippen LogP contribution in [0.3, 0.4) is 0 Å². The van der Waals surface area contributed by atoms with E-state index in [1.807, 2.05) is 6.92 Å². The predicted molar refractivity (Wildman–Crippen MR) is 92.4 cm³/mol. The highest BCUT2D eigenvalue weighted by Crippen LogP contribution is 2.29. The van der Waals surface area contributed by atoms with E-state index in [0.29, 0.717) is 11.3 Å². The Morgan fingerprint density at radius 2 is 2.08 bits per heavy atom. The number of hydrogen-bond acceptors (Lipinski definition) is 5. The van der Waals surface area contributed by atoms with Crippen LogP contribution in [0.2, 0.25) is 0 Å². The minimum Gasteiger partial charge on any atom is -0.478 e. The van der Waals surface area contributed by atoms with Crippen molar-refractivity contribution in [1.29, 1.82) is 0 Å². The van der Waals surface area contributed by atoms with Gasteiger partial charge in [0.2, 0.25) is 0 Å². The van der Waals surface area contributed by atoms with Gasteiger partial charge in [0, 0.05) is 10.4 Å². The third-order valence-corrected chi connectivity index (χ3v) is 5.15. The summed E-state index contributed by atoms with van der Waals surface area (Å²) in [6, 6.07) is 6.82. The van der Waals surface area contributed by atoms with Crippen LogP contribution in [0.4, 0.5) is 0 Å². The normalized spacial score (nSPS) is 12.3. The Hall–Kier alpha value is -2.54. The molecule has 0 aliphatic heterocycles. The molecule has 2 aromatic heterocycles. The first-order valence-corrected chi connectivity index (χ1v) is 8.51. The van der Waals surface area contributed by atoms with Crippen molar-refractivity contribution in [1.82, 2.24) is 20.0 Å². The molecule has 2 heterocycles. The van der Waals surface area contributed by atoms with Crippen LogP contribution in [-0.2, 0) is 0 Å². The van der Waals surface area contributed by atoms with Gasteiger partial charge in [-0.25, -0.2) is 14.5 Å². The maximum Gasteiger partial charge on any atom is 0.336 e. The molecule has 124 valence electrons. The molecule has 3 aromatic rings. The van der Waals surface area contributed by atoms with E-state index in [0.717, 1.165) is 17.1 Å². The molecule has 0 amide bonds. The van der Waals surface area contributed by atoms with Gasteiger partial charge in [0.1, 0.15) is 16.7 Å². The van der Waals surface area contributed by atoms with Crippen molar-refractivity contribution in [3.05, 3.63) is 51.6 Å². The van der Waals surface area contributed by atoms with Crippen LogP contribution >= 0.6 is 11.3 Å². The topological polar surface area (TPSA) is 80.9 Å². The smallest absolute Gasteiger partial charge is 0.336 e. The van der Waals surface area contributed by atoms with Gasteiger partial charge in [0.05, 0.1) is 17.5 Å². The fourth-order valence-electron chi connectivity index (χ4n) is 2.56. The highest BCUT2D eigenvalue weighted by Gasteiger charge is 2.20. The maximum absolute atomic E-state index is 11.4. The molecule has 0 radical (unpaired) electrons. The summed E-state index contributed by atoms with van der Waals surface area (Å²) in [7, 11) is 0. The van der Waals surface area contributed by atoms with Crippen LogP contribution in [-0.4, -0.2) is 31.1 Å². The van der Waals surface area contributed by atoms with Gasteiger partial charge in [0.25, 0.3) is 0 Å². The van der Waals surface area contributed by atoms with Gasteiger partial charge in [-0.3, -0.25) is 0 Å². The highest BCUT2D eigenvalue weighted by molar-refractivity contribution is 7.11. The molecule has 0 fully saturated rings. The van der Waals surface area contributed by atoms with Crippen LogP contribution in [0.1, 0.15) is 45.3 Å². The van der Waals surface area contributed by atoms with Crippen LogP contribution in [0.5, 0.6) is 0 Å². The summed E-state index contributed by atoms with van der Waals surface area (Å²) >= 11 is 1.66. The molecule has 0 aliphatic carbocycles. The van der Waals surface area contributed by atoms with Crippen molar-refractivity contribution >= 4 is 17.3 Å². The minimum atomic E-state index is -0.974. The number of aryl methyl sites for hydroxylation is 2. The van der Waals surface area contributed by atoms with E-state index in [-0.39, 0.29) is 11.6 Å². The average Bonchev–Trinajstić information content (AvgIpc) is 3.16. The number of thiazole rings is 1. The van der Waals surface area contributed by atoms with Gasteiger partial charge in [-0.15, -0.1) is 16.4 Å². The van der Waals surface area contributed by atoms with Crippen molar-refractivity contribution < 1.29 is 9.90 Å². The first-order valence-electron chi connectivity index (χ1n) is 7.69. The first-order chi connectivity index (χ1) is 11.5. The summed E-state index contributed by atoms with van der Waals surface area (Å²) in [6.45, 7) is 6.13. The molecule has 0 aliphatic rings. The van der Waals surface area contributed by atoms with Gasteiger partial charge in [0.15, 0.2) is 0 Å². The van der Waals surface area contributed by atoms with Gasteiger partial charge >= 0.3 is 5.97 Å². The number of hydrogen-bond donors (Lipinski definition) is 1. The number of benzene rings is 1. The molecule has 0 bridgehead atoms. The van der Waals surface area contributed by atoms with Crippen LogP contribution in [0, 0.1) is 13.8 Å². The molecule has 1 aromatic carbocycles. The molecule has 0 saturated heterocycles. The molecule has 0 spiro atoms. The molecule has 3 rings (SSSR count). The van der Waals surface area contributed by atoms with E-state index in [2.05, 4.69) is 29.1 Å². The molecular formula is C17H18N4O2S. The Morgan fingerprint density at radius 3 is 2.71 bits per heavy atom. The lowest BCUT2D eigenvalue weighted by Crippen LogP contribution is -2.10. The second kappa shape index (κ2) is 6.52. The van der Waals surface area contributed by atoms with E-state index >= 15 is 0 Å². The zero-order valence-electron chi connectivity index (χ0n) is 13.7. The minimum absolute atomic E-state index is 0.000593. The molecular weight excluding hydrogens is 324 g/mol. The summed E-state index contributed by atoms with van der Waals surface area (Å²) < 4.78 is 1.77. The van der Waals surface area contributed by atoms with Crippen molar-refractivity contribution in [3.8, 4) is 11.3 Å². The largest absolute Gasteiger partial charge is 0.478 e. The van der Waals surface area contributed by atoms with Crippen molar-refractivity contribution in [2.75, 3.05) is 0 Å². The lowest BCUT2D eigenvalue weighted by atomic mass is 10.1. The fourth-order valence-corrected chi connectivity index (χ4v) is 3.66. The summed E-state index contributed by atoms with van der Waals surface area (Å²) in [5.41, 5.74) is 2.37. The monoisotopic (exact) mass is 342 g/mol.